The quantitative estimate of drug-likeness (QED) is 0.531. The number of rotatable bonds is 3. The lowest BCUT2D eigenvalue weighted by molar-refractivity contribution is 0.0601. The Kier molecular flexibility index (Phi) is 4.02. The number of carbonyl (C=O) groups excluding carboxylic acids is 1. The maximum Gasteiger partial charge on any atom is 0.337 e. The second kappa shape index (κ2) is 5.96. The molecule has 1 heterocycles. The lowest BCUT2D eigenvalue weighted by atomic mass is 10.2. The van der Waals surface area contributed by atoms with Gasteiger partial charge in [0.15, 0.2) is 0 Å². The molecule has 0 fully saturated rings. The average molecular weight is 408 g/mol. The highest BCUT2D eigenvalue weighted by molar-refractivity contribution is 14.1. The van der Waals surface area contributed by atoms with E-state index < -0.39 is 0 Å². The van der Waals surface area contributed by atoms with Crippen LogP contribution >= 0.6 is 22.6 Å². The van der Waals surface area contributed by atoms with Crippen molar-refractivity contribution in [3.8, 4) is 17.1 Å². The van der Waals surface area contributed by atoms with Gasteiger partial charge in [0.05, 0.1) is 34.4 Å². The molecule has 112 valence electrons. The van der Waals surface area contributed by atoms with Crippen LogP contribution in [0.15, 0.2) is 36.4 Å². The van der Waals surface area contributed by atoms with Gasteiger partial charge in [-0.2, -0.15) is 0 Å². The van der Waals surface area contributed by atoms with Crippen LogP contribution in [0.1, 0.15) is 10.4 Å². The summed E-state index contributed by atoms with van der Waals surface area (Å²) < 4.78 is 11.0. The Morgan fingerprint density at radius 3 is 2.68 bits per heavy atom. The fraction of sp³-hybridized carbons (Fsp3) is 0.125. The Morgan fingerprint density at radius 1 is 1.18 bits per heavy atom. The van der Waals surface area contributed by atoms with E-state index >= 15 is 0 Å². The summed E-state index contributed by atoms with van der Waals surface area (Å²) in [5.74, 6) is 1.21. The monoisotopic (exact) mass is 408 g/mol. The highest BCUT2D eigenvalue weighted by Crippen LogP contribution is 2.27. The van der Waals surface area contributed by atoms with Gasteiger partial charge in [-0.25, -0.2) is 9.78 Å². The van der Waals surface area contributed by atoms with Crippen LogP contribution in [0.2, 0.25) is 0 Å². The zero-order chi connectivity index (χ0) is 15.7. The van der Waals surface area contributed by atoms with Gasteiger partial charge in [-0.05, 0) is 59.0 Å². The number of fused-ring (bicyclic) bond motifs is 1. The maximum absolute atomic E-state index is 11.6. The summed E-state index contributed by atoms with van der Waals surface area (Å²) in [6, 6.07) is 11.1. The van der Waals surface area contributed by atoms with E-state index in [9.17, 15) is 4.79 Å². The summed E-state index contributed by atoms with van der Waals surface area (Å²) in [5.41, 5.74) is 3.05. The number of nitrogens with one attached hydrogen (secondary N) is 1. The van der Waals surface area contributed by atoms with E-state index in [0.29, 0.717) is 5.56 Å². The number of imidazole rings is 1. The number of ether oxygens (including phenoxy) is 2. The van der Waals surface area contributed by atoms with Gasteiger partial charge in [-0.15, -0.1) is 0 Å². The van der Waals surface area contributed by atoms with Gasteiger partial charge in [0.25, 0.3) is 0 Å². The summed E-state index contributed by atoms with van der Waals surface area (Å²) in [4.78, 5) is 19.4. The number of carbonyl (C=O) groups is 1. The Morgan fingerprint density at radius 2 is 2.00 bits per heavy atom. The van der Waals surface area contributed by atoms with Gasteiger partial charge in [0.1, 0.15) is 11.6 Å². The smallest absolute Gasteiger partial charge is 0.337 e. The molecule has 2 aromatic carbocycles. The number of halogens is 1. The van der Waals surface area contributed by atoms with Crippen molar-refractivity contribution >= 4 is 39.6 Å². The second-order valence-electron chi connectivity index (χ2n) is 4.66. The molecule has 0 aliphatic heterocycles. The third kappa shape index (κ3) is 2.66. The summed E-state index contributed by atoms with van der Waals surface area (Å²) in [5, 5.41) is 0. The molecule has 6 heteroatoms. The number of methoxy groups -OCH3 is 2. The number of H-pyrrole nitrogens is 1. The third-order valence-electron chi connectivity index (χ3n) is 3.33. The van der Waals surface area contributed by atoms with E-state index in [0.717, 1.165) is 31.7 Å². The molecule has 0 saturated heterocycles. The predicted molar refractivity (Wildman–Crippen MR) is 92.1 cm³/mol. The number of hydrogen-bond donors (Lipinski definition) is 1. The number of esters is 1. The van der Waals surface area contributed by atoms with Crippen LogP contribution in [0.5, 0.6) is 5.75 Å². The molecule has 3 aromatic rings. The summed E-state index contributed by atoms with van der Waals surface area (Å²) in [6.07, 6.45) is 0. The van der Waals surface area contributed by atoms with Gasteiger partial charge in [-0.1, -0.05) is 0 Å². The van der Waals surface area contributed by atoms with E-state index in [-0.39, 0.29) is 5.97 Å². The van der Waals surface area contributed by atoms with Crippen molar-refractivity contribution in [3.05, 3.63) is 45.5 Å². The minimum absolute atomic E-state index is 0.364. The van der Waals surface area contributed by atoms with Crippen molar-refractivity contribution in [1.82, 2.24) is 9.97 Å². The van der Waals surface area contributed by atoms with Crippen LogP contribution < -0.4 is 4.74 Å². The zero-order valence-electron chi connectivity index (χ0n) is 12.0. The lowest BCUT2D eigenvalue weighted by Crippen LogP contribution is -2.00. The van der Waals surface area contributed by atoms with E-state index in [2.05, 4.69) is 32.6 Å². The number of aromatic nitrogens is 2. The van der Waals surface area contributed by atoms with E-state index in [1.165, 1.54) is 7.11 Å². The predicted octanol–water partition coefficient (Wildman–Crippen LogP) is 3.63. The molecule has 0 spiro atoms. The van der Waals surface area contributed by atoms with Crippen LogP contribution in [0.4, 0.5) is 0 Å². The highest BCUT2D eigenvalue weighted by Gasteiger charge is 2.11. The van der Waals surface area contributed by atoms with E-state index in [1.54, 1.807) is 25.3 Å². The first-order valence-electron chi connectivity index (χ1n) is 6.54. The largest absolute Gasteiger partial charge is 0.496 e. The van der Waals surface area contributed by atoms with Crippen LogP contribution in [-0.2, 0) is 4.74 Å². The van der Waals surface area contributed by atoms with Crippen LogP contribution in [0, 0.1) is 3.57 Å². The molecular formula is C16H13IN2O3. The van der Waals surface area contributed by atoms with Crippen molar-refractivity contribution in [2.75, 3.05) is 14.2 Å². The van der Waals surface area contributed by atoms with Gasteiger partial charge in [0.2, 0.25) is 0 Å². The Balaban J connectivity index is 2.05. The number of benzene rings is 2. The molecular weight excluding hydrogens is 395 g/mol. The molecule has 1 aromatic heterocycles. The number of nitrogens with zero attached hydrogens (tertiary/aromatic N) is 1. The molecule has 0 amide bonds. The van der Waals surface area contributed by atoms with Crippen molar-refractivity contribution in [3.63, 3.8) is 0 Å². The Bertz CT molecular complexity index is 858. The van der Waals surface area contributed by atoms with E-state index in [4.69, 9.17) is 9.47 Å². The highest BCUT2D eigenvalue weighted by atomic mass is 127. The standard InChI is InChI=1S/C16H13IN2O3/c1-21-14-6-4-9(7-11(14)17)15-18-12-5-3-10(16(20)22-2)8-13(12)19-15/h3-8H,1-2H3,(H,18,19). The van der Waals surface area contributed by atoms with Crippen molar-refractivity contribution < 1.29 is 14.3 Å². The third-order valence-corrected chi connectivity index (χ3v) is 4.17. The minimum atomic E-state index is -0.364. The first-order valence-corrected chi connectivity index (χ1v) is 7.62. The van der Waals surface area contributed by atoms with Crippen molar-refractivity contribution in [2.45, 2.75) is 0 Å². The molecule has 5 nitrogen and oxygen atoms in total. The number of aromatic amines is 1. The van der Waals surface area contributed by atoms with Crippen LogP contribution in [-0.4, -0.2) is 30.2 Å². The Hall–Kier alpha value is -2.09. The molecule has 0 aliphatic carbocycles. The molecule has 0 unspecified atom stereocenters. The second-order valence-corrected chi connectivity index (χ2v) is 5.82. The lowest BCUT2D eigenvalue weighted by Gasteiger charge is -2.04. The van der Waals surface area contributed by atoms with Crippen molar-refractivity contribution in [1.29, 1.82) is 0 Å². The molecule has 0 bridgehead atoms. The normalized spacial score (nSPS) is 10.7. The van der Waals surface area contributed by atoms with Gasteiger partial charge < -0.3 is 14.5 Å². The molecule has 0 atom stereocenters. The first-order chi connectivity index (χ1) is 10.6. The zero-order valence-corrected chi connectivity index (χ0v) is 14.2. The summed E-state index contributed by atoms with van der Waals surface area (Å²) in [7, 11) is 3.01. The van der Waals surface area contributed by atoms with Crippen LogP contribution in [0.25, 0.3) is 22.4 Å². The number of hydrogen-bond acceptors (Lipinski definition) is 4. The fourth-order valence-corrected chi connectivity index (χ4v) is 2.94. The molecule has 1 N–H and O–H groups in total. The fourth-order valence-electron chi connectivity index (χ4n) is 2.20. The molecule has 0 saturated carbocycles. The van der Waals surface area contributed by atoms with Gasteiger partial charge in [-0.3, -0.25) is 0 Å². The van der Waals surface area contributed by atoms with Crippen molar-refractivity contribution in [2.24, 2.45) is 0 Å². The molecule has 0 radical (unpaired) electrons. The van der Waals surface area contributed by atoms with Gasteiger partial charge in [0, 0.05) is 5.56 Å². The minimum Gasteiger partial charge on any atom is -0.496 e. The molecule has 22 heavy (non-hydrogen) atoms. The first kappa shape index (κ1) is 14.8. The molecule has 0 aliphatic rings. The Labute approximate surface area is 140 Å². The summed E-state index contributed by atoms with van der Waals surface area (Å²) >= 11 is 2.22. The maximum atomic E-state index is 11.6. The SMILES string of the molecule is COC(=O)c1ccc2nc(-c3ccc(OC)c(I)c3)[nH]c2c1. The van der Waals surface area contributed by atoms with E-state index in [1.807, 2.05) is 18.2 Å². The van der Waals surface area contributed by atoms with Gasteiger partial charge >= 0.3 is 5.97 Å². The average Bonchev–Trinajstić information content (AvgIpc) is 2.97. The summed E-state index contributed by atoms with van der Waals surface area (Å²) in [6.45, 7) is 0. The molecule has 3 rings (SSSR count). The topological polar surface area (TPSA) is 64.2 Å². The van der Waals surface area contributed by atoms with Crippen LogP contribution in [0.3, 0.4) is 0 Å².